The van der Waals surface area contributed by atoms with Crippen LogP contribution >= 0.6 is 0 Å². The zero-order valence-electron chi connectivity index (χ0n) is 34.3. The summed E-state index contributed by atoms with van der Waals surface area (Å²) in [6, 6.07) is 81.3. The molecule has 62 heavy (non-hydrogen) atoms. The molecule has 2 nitrogen and oxygen atoms in total. The third kappa shape index (κ3) is 5.79. The van der Waals surface area contributed by atoms with E-state index in [9.17, 15) is 0 Å². The molecule has 0 radical (unpaired) electrons. The summed E-state index contributed by atoms with van der Waals surface area (Å²) in [5, 5.41) is 7.62. The average Bonchev–Trinajstić information content (AvgIpc) is 3.61. The first-order valence-corrected chi connectivity index (χ1v) is 21.4. The van der Waals surface area contributed by atoms with Gasteiger partial charge >= 0.3 is 0 Å². The fourth-order valence-corrected chi connectivity index (χ4v) is 10.00. The summed E-state index contributed by atoms with van der Waals surface area (Å²) in [4.78, 5) is 10.4. The van der Waals surface area contributed by atoms with Gasteiger partial charge in [0.15, 0.2) is 5.82 Å². The minimum Gasteiger partial charge on any atom is -0.228 e. The summed E-state index contributed by atoms with van der Waals surface area (Å²) in [5.74, 6) is 0.710. The van der Waals surface area contributed by atoms with Crippen molar-refractivity contribution in [2.75, 3.05) is 0 Å². The van der Waals surface area contributed by atoms with E-state index in [4.69, 9.17) is 9.97 Å². The predicted octanol–water partition coefficient (Wildman–Crippen LogP) is 15.6. The molecule has 0 aliphatic heterocycles. The Bertz CT molecular complexity index is 3500. The van der Waals surface area contributed by atoms with Crippen LogP contribution in [0.25, 0.3) is 99.6 Å². The van der Waals surface area contributed by atoms with Crippen molar-refractivity contribution < 1.29 is 0 Å². The molecule has 0 N–H and O–H groups in total. The normalized spacial score (nSPS) is 14.3. The Hall–Kier alpha value is -7.94. The van der Waals surface area contributed by atoms with Gasteiger partial charge in [-0.05, 0) is 108 Å². The lowest BCUT2D eigenvalue weighted by Crippen LogP contribution is -2.22. The van der Waals surface area contributed by atoms with Crippen molar-refractivity contribution in [3.63, 3.8) is 0 Å². The quantitative estimate of drug-likeness (QED) is 0.124. The third-order valence-corrected chi connectivity index (χ3v) is 13.2. The van der Waals surface area contributed by atoms with E-state index in [1.165, 1.54) is 76.8 Å². The number of hydrogen-bond acceptors (Lipinski definition) is 2. The Morgan fingerprint density at radius 1 is 0.323 bits per heavy atom. The van der Waals surface area contributed by atoms with Gasteiger partial charge in [0, 0.05) is 22.1 Å². The van der Waals surface area contributed by atoms with Crippen molar-refractivity contribution >= 4 is 32.3 Å². The van der Waals surface area contributed by atoms with Gasteiger partial charge in [-0.3, -0.25) is 0 Å². The van der Waals surface area contributed by atoms with E-state index >= 15 is 0 Å². The van der Waals surface area contributed by atoms with Crippen molar-refractivity contribution in [1.29, 1.82) is 0 Å². The van der Waals surface area contributed by atoms with Crippen LogP contribution in [0.4, 0.5) is 0 Å². The number of rotatable bonds is 6. The Balaban J connectivity index is 0.917. The van der Waals surface area contributed by atoms with Crippen LogP contribution in [-0.2, 0) is 5.41 Å². The van der Waals surface area contributed by atoms with Crippen molar-refractivity contribution in [2.45, 2.75) is 12.3 Å². The number of nitrogens with zero attached hydrogens (tertiary/aromatic N) is 2. The Morgan fingerprint density at radius 2 is 0.887 bits per heavy atom. The molecule has 0 bridgehead atoms. The maximum absolute atomic E-state index is 5.22. The molecule has 12 rings (SSSR count). The Kier molecular flexibility index (Phi) is 8.33. The van der Waals surface area contributed by atoms with Crippen LogP contribution in [0.5, 0.6) is 0 Å². The second-order valence-electron chi connectivity index (χ2n) is 16.6. The van der Waals surface area contributed by atoms with Crippen LogP contribution in [0.1, 0.15) is 23.6 Å². The minimum atomic E-state index is -0.251. The molecule has 0 saturated carbocycles. The highest BCUT2D eigenvalue weighted by atomic mass is 14.9. The monoisotopic (exact) mass is 788 g/mol. The largest absolute Gasteiger partial charge is 0.228 e. The third-order valence-electron chi connectivity index (χ3n) is 13.2. The zero-order valence-corrected chi connectivity index (χ0v) is 34.3. The first kappa shape index (κ1) is 36.0. The molecule has 1 atom stereocenters. The van der Waals surface area contributed by atoms with E-state index in [2.05, 4.69) is 213 Å². The van der Waals surface area contributed by atoms with Crippen LogP contribution in [0.3, 0.4) is 0 Å². The first-order chi connectivity index (χ1) is 30.6. The van der Waals surface area contributed by atoms with Gasteiger partial charge in [0.1, 0.15) is 0 Å². The smallest absolute Gasteiger partial charge is 0.160 e. The summed E-state index contributed by atoms with van der Waals surface area (Å²) in [6.07, 6.45) is 0. The Morgan fingerprint density at radius 3 is 1.65 bits per heavy atom. The molecule has 0 saturated heterocycles. The molecule has 11 aromatic rings. The van der Waals surface area contributed by atoms with E-state index in [1.54, 1.807) is 0 Å². The van der Waals surface area contributed by atoms with Gasteiger partial charge in [0.05, 0.1) is 11.4 Å². The number of fused-ring (bicyclic) bond motifs is 7. The molecule has 1 aliphatic rings. The molecule has 1 heterocycles. The fourth-order valence-electron chi connectivity index (χ4n) is 10.00. The first-order valence-electron chi connectivity index (χ1n) is 21.4. The maximum atomic E-state index is 5.22. The molecule has 0 fully saturated rings. The van der Waals surface area contributed by atoms with Gasteiger partial charge in [-0.15, -0.1) is 0 Å². The van der Waals surface area contributed by atoms with Crippen molar-refractivity contribution in [2.24, 2.45) is 0 Å². The number of hydrogen-bond donors (Lipinski definition) is 0. The Labute approximate surface area is 361 Å². The molecular weight excluding hydrogens is 749 g/mol. The van der Waals surface area contributed by atoms with Gasteiger partial charge < -0.3 is 0 Å². The lowest BCUT2D eigenvalue weighted by Gasteiger charge is -2.28. The van der Waals surface area contributed by atoms with E-state index in [0.29, 0.717) is 5.82 Å². The second kappa shape index (κ2) is 14.4. The molecule has 1 unspecified atom stereocenters. The number of benzene rings is 10. The van der Waals surface area contributed by atoms with Crippen molar-refractivity contribution in [3.05, 3.63) is 241 Å². The van der Waals surface area contributed by atoms with E-state index in [-0.39, 0.29) is 5.41 Å². The van der Waals surface area contributed by atoms with Gasteiger partial charge in [-0.1, -0.05) is 206 Å². The van der Waals surface area contributed by atoms with E-state index in [0.717, 1.165) is 33.6 Å². The lowest BCUT2D eigenvalue weighted by atomic mass is 9.74. The highest BCUT2D eigenvalue weighted by Gasteiger charge is 2.40. The predicted molar refractivity (Wildman–Crippen MR) is 259 cm³/mol. The zero-order chi connectivity index (χ0) is 41.2. The SMILES string of the molecule is CC1(c2ccccc2)c2ccccc2-c2cc(-c3cc(-c4ccc(-c5ccc(-c6c7ccccc7cc7c6ccc6ccccc67)cc5)cc4)nc(-c4ccccc4)n3)ccc21. The number of aromatic nitrogens is 2. The summed E-state index contributed by atoms with van der Waals surface area (Å²) >= 11 is 0. The highest BCUT2D eigenvalue weighted by Crippen LogP contribution is 2.53. The molecule has 0 spiro atoms. The molecular formula is C60H40N2. The van der Waals surface area contributed by atoms with Crippen LogP contribution in [0.15, 0.2) is 224 Å². The van der Waals surface area contributed by atoms with E-state index in [1.807, 2.05) is 18.2 Å². The highest BCUT2D eigenvalue weighted by molar-refractivity contribution is 6.20. The van der Waals surface area contributed by atoms with Gasteiger partial charge in [0.2, 0.25) is 0 Å². The molecule has 10 aromatic carbocycles. The fraction of sp³-hybridized carbons (Fsp3) is 0.0333. The molecule has 0 amide bonds. The topological polar surface area (TPSA) is 25.8 Å². The van der Waals surface area contributed by atoms with Gasteiger partial charge in [-0.2, -0.15) is 0 Å². The van der Waals surface area contributed by atoms with Crippen molar-refractivity contribution in [1.82, 2.24) is 9.97 Å². The molecule has 2 heteroatoms. The van der Waals surface area contributed by atoms with Crippen LogP contribution < -0.4 is 0 Å². The standard InChI is InChI=1S/C60H40N2/c1-60(47-18-6-3-7-19-47)54-23-13-12-22-50(54)53-37-46(33-35-55(53)60)57-38-56(61-59(62-57)44-15-4-2-5-16-44)42-28-24-39(25-29-42)40-26-30-43(31-27-40)58-49-21-11-9-17-45(49)36-52-48-20-10-8-14-41(48)32-34-51(52)58/h2-38H,1H3. The van der Waals surface area contributed by atoms with Crippen LogP contribution in [0, 0.1) is 0 Å². The van der Waals surface area contributed by atoms with Gasteiger partial charge in [-0.25, -0.2) is 9.97 Å². The maximum Gasteiger partial charge on any atom is 0.160 e. The molecule has 1 aromatic heterocycles. The summed E-state index contributed by atoms with van der Waals surface area (Å²) < 4.78 is 0. The molecule has 1 aliphatic carbocycles. The summed E-state index contributed by atoms with van der Waals surface area (Å²) in [6.45, 7) is 2.36. The van der Waals surface area contributed by atoms with Crippen LogP contribution in [0.2, 0.25) is 0 Å². The van der Waals surface area contributed by atoms with E-state index < -0.39 is 0 Å². The minimum absolute atomic E-state index is 0.251. The van der Waals surface area contributed by atoms with Crippen molar-refractivity contribution in [3.8, 4) is 67.3 Å². The molecule has 290 valence electrons. The second-order valence-corrected chi connectivity index (χ2v) is 16.6. The van der Waals surface area contributed by atoms with Crippen LogP contribution in [-0.4, -0.2) is 9.97 Å². The average molecular weight is 789 g/mol. The van der Waals surface area contributed by atoms with Gasteiger partial charge in [0.25, 0.3) is 0 Å². The summed E-state index contributed by atoms with van der Waals surface area (Å²) in [5.41, 5.74) is 15.9. The lowest BCUT2D eigenvalue weighted by molar-refractivity contribution is 0.714. The summed E-state index contributed by atoms with van der Waals surface area (Å²) in [7, 11) is 0.